The van der Waals surface area contributed by atoms with E-state index in [2.05, 4.69) is 16.7 Å². The van der Waals surface area contributed by atoms with Crippen molar-refractivity contribution in [2.24, 2.45) is 5.73 Å². The summed E-state index contributed by atoms with van der Waals surface area (Å²) in [5.74, 6) is 2.65. The van der Waals surface area contributed by atoms with Gasteiger partial charge < -0.3 is 5.73 Å². The summed E-state index contributed by atoms with van der Waals surface area (Å²) < 4.78 is 0. The molecule has 1 heterocycles. The van der Waals surface area contributed by atoms with E-state index < -0.39 is 0 Å². The Kier molecular flexibility index (Phi) is 3.17. The summed E-state index contributed by atoms with van der Waals surface area (Å²) in [5.41, 5.74) is 6.32. The van der Waals surface area contributed by atoms with Gasteiger partial charge in [-0.15, -0.1) is 0 Å². The molecule has 1 saturated carbocycles. The highest BCUT2D eigenvalue weighted by Crippen LogP contribution is 2.37. The van der Waals surface area contributed by atoms with Gasteiger partial charge >= 0.3 is 0 Å². The third-order valence-electron chi connectivity index (χ3n) is 3.56. The summed E-state index contributed by atoms with van der Waals surface area (Å²) >= 11 is 2.10. The molecule has 0 radical (unpaired) electrons. The van der Waals surface area contributed by atoms with E-state index in [9.17, 15) is 0 Å². The van der Waals surface area contributed by atoms with E-state index in [1.807, 2.05) is 0 Å². The molecule has 2 fully saturated rings. The Hall–Kier alpha value is 0.270. The molecule has 2 rings (SSSR count). The molecule has 0 bridgehead atoms. The van der Waals surface area contributed by atoms with Gasteiger partial charge in [0, 0.05) is 24.4 Å². The molecule has 0 aromatic carbocycles. The Morgan fingerprint density at radius 3 is 2.62 bits per heavy atom. The molecule has 0 atom stereocenters. The van der Waals surface area contributed by atoms with Crippen LogP contribution in [0.25, 0.3) is 0 Å². The van der Waals surface area contributed by atoms with Gasteiger partial charge in [0.25, 0.3) is 0 Å². The Morgan fingerprint density at radius 2 is 2.00 bits per heavy atom. The van der Waals surface area contributed by atoms with E-state index in [0.717, 1.165) is 6.54 Å². The average Bonchev–Trinajstić information content (AvgIpc) is 2.32. The summed E-state index contributed by atoms with van der Waals surface area (Å²) in [6, 6.07) is 0. The Labute approximate surface area is 85.2 Å². The SMILES string of the molecule is NCC1(N2CCCSCC2)CCC1. The van der Waals surface area contributed by atoms with Crippen LogP contribution in [0.1, 0.15) is 25.7 Å². The Morgan fingerprint density at radius 1 is 1.15 bits per heavy atom. The summed E-state index contributed by atoms with van der Waals surface area (Å²) in [6.07, 6.45) is 5.43. The molecular weight excluding hydrogens is 180 g/mol. The molecule has 0 aromatic rings. The molecule has 0 spiro atoms. The summed E-state index contributed by atoms with van der Waals surface area (Å²) in [7, 11) is 0. The maximum atomic E-state index is 5.90. The molecule has 3 heteroatoms. The van der Waals surface area contributed by atoms with Crippen LogP contribution >= 0.6 is 11.8 Å². The summed E-state index contributed by atoms with van der Waals surface area (Å²) in [6.45, 7) is 3.42. The zero-order chi connectivity index (χ0) is 9.15. The predicted octanol–water partition coefficient (Wildman–Crippen LogP) is 1.31. The van der Waals surface area contributed by atoms with Crippen LogP contribution in [0.2, 0.25) is 0 Å². The minimum Gasteiger partial charge on any atom is -0.329 e. The average molecular weight is 200 g/mol. The van der Waals surface area contributed by atoms with Crippen LogP contribution < -0.4 is 5.73 Å². The van der Waals surface area contributed by atoms with E-state index in [-0.39, 0.29) is 0 Å². The highest BCUT2D eigenvalue weighted by Gasteiger charge is 2.40. The van der Waals surface area contributed by atoms with Gasteiger partial charge in [0.2, 0.25) is 0 Å². The lowest BCUT2D eigenvalue weighted by Crippen LogP contribution is -2.58. The molecule has 76 valence electrons. The normalized spacial score (nSPS) is 29.3. The first-order valence-electron chi connectivity index (χ1n) is 5.40. The Bertz CT molecular complexity index is 155. The molecule has 2 nitrogen and oxygen atoms in total. The van der Waals surface area contributed by atoms with Crippen LogP contribution in [-0.4, -0.2) is 41.6 Å². The lowest BCUT2D eigenvalue weighted by molar-refractivity contribution is 0.0300. The van der Waals surface area contributed by atoms with Crippen molar-refractivity contribution in [2.75, 3.05) is 31.1 Å². The van der Waals surface area contributed by atoms with E-state index in [0.29, 0.717) is 5.54 Å². The predicted molar refractivity (Wildman–Crippen MR) is 59.2 cm³/mol. The smallest absolute Gasteiger partial charge is 0.0332 e. The maximum absolute atomic E-state index is 5.90. The van der Waals surface area contributed by atoms with Gasteiger partial charge in [-0.3, -0.25) is 4.90 Å². The largest absolute Gasteiger partial charge is 0.329 e. The first kappa shape index (κ1) is 9.81. The van der Waals surface area contributed by atoms with Crippen LogP contribution in [0.3, 0.4) is 0 Å². The van der Waals surface area contributed by atoms with Gasteiger partial charge in [-0.05, 0) is 38.0 Å². The van der Waals surface area contributed by atoms with Gasteiger partial charge in [-0.2, -0.15) is 11.8 Å². The summed E-state index contributed by atoms with van der Waals surface area (Å²) in [4.78, 5) is 2.66. The number of nitrogens with two attached hydrogens (primary N) is 1. The van der Waals surface area contributed by atoms with Crippen molar-refractivity contribution in [2.45, 2.75) is 31.2 Å². The summed E-state index contributed by atoms with van der Waals surface area (Å²) in [5, 5.41) is 0. The molecule has 1 aliphatic carbocycles. The van der Waals surface area contributed by atoms with Gasteiger partial charge in [0.1, 0.15) is 0 Å². The molecule has 0 unspecified atom stereocenters. The molecule has 0 aromatic heterocycles. The molecule has 2 N–H and O–H groups in total. The standard InChI is InChI=1S/C10H20N2S/c11-9-10(3-1-4-10)12-5-2-7-13-8-6-12/h1-9,11H2. The van der Waals surface area contributed by atoms with Crippen LogP contribution in [0, 0.1) is 0 Å². The van der Waals surface area contributed by atoms with Gasteiger partial charge in [-0.25, -0.2) is 0 Å². The van der Waals surface area contributed by atoms with Crippen molar-refractivity contribution in [3.8, 4) is 0 Å². The van der Waals surface area contributed by atoms with E-state index in [1.54, 1.807) is 0 Å². The van der Waals surface area contributed by atoms with Crippen molar-refractivity contribution in [1.82, 2.24) is 4.90 Å². The van der Waals surface area contributed by atoms with Crippen molar-refractivity contribution in [3.63, 3.8) is 0 Å². The second kappa shape index (κ2) is 4.20. The molecule has 1 saturated heterocycles. The van der Waals surface area contributed by atoms with Crippen molar-refractivity contribution >= 4 is 11.8 Å². The van der Waals surface area contributed by atoms with Crippen LogP contribution in [0.4, 0.5) is 0 Å². The van der Waals surface area contributed by atoms with Crippen LogP contribution in [0.5, 0.6) is 0 Å². The number of nitrogens with zero attached hydrogens (tertiary/aromatic N) is 1. The first-order valence-corrected chi connectivity index (χ1v) is 6.56. The van der Waals surface area contributed by atoms with Crippen LogP contribution in [0.15, 0.2) is 0 Å². The fourth-order valence-electron chi connectivity index (χ4n) is 2.45. The van der Waals surface area contributed by atoms with Gasteiger partial charge in [0.05, 0.1) is 0 Å². The number of rotatable bonds is 2. The second-order valence-corrected chi connectivity index (χ2v) is 5.46. The topological polar surface area (TPSA) is 29.3 Å². The number of thioether (sulfide) groups is 1. The monoisotopic (exact) mass is 200 g/mol. The number of hydrogen-bond donors (Lipinski definition) is 1. The lowest BCUT2D eigenvalue weighted by atomic mass is 9.75. The van der Waals surface area contributed by atoms with E-state index >= 15 is 0 Å². The molecular formula is C10H20N2S. The number of hydrogen-bond acceptors (Lipinski definition) is 3. The quantitative estimate of drug-likeness (QED) is 0.729. The van der Waals surface area contributed by atoms with E-state index in [1.165, 1.54) is 50.3 Å². The fraction of sp³-hybridized carbons (Fsp3) is 1.00. The van der Waals surface area contributed by atoms with Crippen LogP contribution in [-0.2, 0) is 0 Å². The Balaban J connectivity index is 1.95. The fourth-order valence-corrected chi connectivity index (χ4v) is 3.34. The third-order valence-corrected chi connectivity index (χ3v) is 4.61. The molecule has 0 amide bonds. The molecule has 2 aliphatic rings. The zero-order valence-electron chi connectivity index (χ0n) is 8.30. The minimum absolute atomic E-state index is 0.422. The van der Waals surface area contributed by atoms with E-state index in [4.69, 9.17) is 5.73 Å². The zero-order valence-corrected chi connectivity index (χ0v) is 9.11. The lowest BCUT2D eigenvalue weighted by Gasteiger charge is -2.49. The minimum atomic E-state index is 0.422. The maximum Gasteiger partial charge on any atom is 0.0332 e. The third kappa shape index (κ3) is 1.88. The molecule has 1 aliphatic heterocycles. The van der Waals surface area contributed by atoms with Gasteiger partial charge in [-0.1, -0.05) is 0 Å². The van der Waals surface area contributed by atoms with Crippen molar-refractivity contribution in [3.05, 3.63) is 0 Å². The van der Waals surface area contributed by atoms with Gasteiger partial charge in [0.15, 0.2) is 0 Å². The molecule has 13 heavy (non-hydrogen) atoms. The van der Waals surface area contributed by atoms with Crippen molar-refractivity contribution in [1.29, 1.82) is 0 Å². The highest BCUT2D eigenvalue weighted by molar-refractivity contribution is 7.99. The first-order chi connectivity index (χ1) is 6.37. The highest BCUT2D eigenvalue weighted by atomic mass is 32.2. The van der Waals surface area contributed by atoms with Crippen molar-refractivity contribution < 1.29 is 0 Å². The second-order valence-electron chi connectivity index (χ2n) is 4.23.